The maximum absolute atomic E-state index is 10.3. The Morgan fingerprint density at radius 1 is 1.22 bits per heavy atom. The third-order valence-corrected chi connectivity index (χ3v) is 4.80. The topological polar surface area (TPSA) is 29.5 Å². The lowest BCUT2D eigenvalue weighted by Crippen LogP contribution is -2.01. The van der Waals surface area contributed by atoms with Crippen LogP contribution >= 0.6 is 27.3 Å². The number of rotatable bonds is 3. The van der Waals surface area contributed by atoms with Crippen LogP contribution in [0.5, 0.6) is 0 Å². The van der Waals surface area contributed by atoms with Crippen molar-refractivity contribution in [3.8, 4) is 0 Å². The predicted octanol–water partition coefficient (Wildman–Crippen LogP) is 3.82. The molecule has 0 fully saturated rings. The molecule has 0 amide bonds. The maximum atomic E-state index is 10.3. The van der Waals surface area contributed by atoms with Crippen molar-refractivity contribution in [1.82, 2.24) is 0 Å². The lowest BCUT2D eigenvalue weighted by molar-refractivity contribution is 0.134. The number of benzene rings is 1. The highest BCUT2D eigenvalue weighted by Gasteiger charge is 2.15. The van der Waals surface area contributed by atoms with E-state index in [1.165, 1.54) is 16.0 Å². The molecule has 2 heterocycles. The minimum Gasteiger partial charge on any atom is -0.388 e. The van der Waals surface area contributed by atoms with Gasteiger partial charge in [0.15, 0.2) is 0 Å². The molecule has 2 nitrogen and oxygen atoms in total. The quantitative estimate of drug-likeness (QED) is 0.930. The first kappa shape index (κ1) is 12.4. The van der Waals surface area contributed by atoms with Gasteiger partial charge < -0.3 is 9.84 Å². The van der Waals surface area contributed by atoms with Crippen LogP contribution < -0.4 is 0 Å². The first-order chi connectivity index (χ1) is 8.72. The lowest BCUT2D eigenvalue weighted by Gasteiger charge is -2.11. The molecule has 1 aliphatic rings. The number of aliphatic hydroxyl groups is 1. The standard InChI is InChI=1S/C14H13BrO2S/c15-14-4-3-12(18-14)6-13(16)9-1-2-10-7-17-8-11(10)5-9/h1-5,13,16H,6-8H2. The number of hydrogen-bond acceptors (Lipinski definition) is 3. The van der Waals surface area contributed by atoms with Gasteiger partial charge in [-0.2, -0.15) is 0 Å². The molecule has 1 aromatic carbocycles. The van der Waals surface area contributed by atoms with Crippen LogP contribution in [0.25, 0.3) is 0 Å². The molecule has 1 atom stereocenters. The highest BCUT2D eigenvalue weighted by molar-refractivity contribution is 9.11. The third-order valence-electron chi connectivity index (χ3n) is 3.15. The van der Waals surface area contributed by atoms with E-state index in [1.807, 2.05) is 12.1 Å². The highest BCUT2D eigenvalue weighted by atomic mass is 79.9. The van der Waals surface area contributed by atoms with Crippen LogP contribution in [0.2, 0.25) is 0 Å². The van der Waals surface area contributed by atoms with Crippen molar-refractivity contribution in [2.45, 2.75) is 25.7 Å². The van der Waals surface area contributed by atoms with Gasteiger partial charge in [-0.1, -0.05) is 18.2 Å². The zero-order chi connectivity index (χ0) is 12.5. The number of fused-ring (bicyclic) bond motifs is 1. The summed E-state index contributed by atoms with van der Waals surface area (Å²) in [5.74, 6) is 0. The molecule has 94 valence electrons. The molecule has 1 unspecified atom stereocenters. The second-order valence-corrected chi connectivity index (χ2v) is 6.99. The van der Waals surface area contributed by atoms with E-state index in [0.717, 1.165) is 9.35 Å². The number of hydrogen-bond donors (Lipinski definition) is 1. The molecular formula is C14H13BrO2S. The summed E-state index contributed by atoms with van der Waals surface area (Å²) in [6.45, 7) is 1.37. The summed E-state index contributed by atoms with van der Waals surface area (Å²) in [4.78, 5) is 1.19. The van der Waals surface area contributed by atoms with Crippen LogP contribution in [-0.4, -0.2) is 5.11 Å². The van der Waals surface area contributed by atoms with Crippen molar-refractivity contribution < 1.29 is 9.84 Å². The molecule has 0 saturated carbocycles. The normalized spacial score (nSPS) is 15.7. The molecule has 0 saturated heterocycles. The third kappa shape index (κ3) is 2.52. The van der Waals surface area contributed by atoms with E-state index in [1.54, 1.807) is 11.3 Å². The van der Waals surface area contributed by atoms with E-state index in [2.05, 4.69) is 34.1 Å². The van der Waals surface area contributed by atoms with Gasteiger partial charge in [0.05, 0.1) is 23.1 Å². The fourth-order valence-electron chi connectivity index (χ4n) is 2.17. The van der Waals surface area contributed by atoms with Gasteiger partial charge >= 0.3 is 0 Å². The van der Waals surface area contributed by atoms with Crippen LogP contribution in [0, 0.1) is 0 Å². The van der Waals surface area contributed by atoms with Gasteiger partial charge in [-0.3, -0.25) is 0 Å². The molecule has 1 aliphatic heterocycles. The van der Waals surface area contributed by atoms with Gasteiger partial charge in [0.1, 0.15) is 0 Å². The summed E-state index contributed by atoms with van der Waals surface area (Å²) in [7, 11) is 0. The van der Waals surface area contributed by atoms with Gasteiger partial charge in [0.25, 0.3) is 0 Å². The van der Waals surface area contributed by atoms with Crippen molar-refractivity contribution in [3.05, 3.63) is 55.7 Å². The van der Waals surface area contributed by atoms with Crippen LogP contribution in [0.1, 0.15) is 27.7 Å². The van der Waals surface area contributed by atoms with Crippen molar-refractivity contribution in [3.63, 3.8) is 0 Å². The molecule has 3 rings (SSSR count). The Labute approximate surface area is 118 Å². The van der Waals surface area contributed by atoms with Gasteiger partial charge in [-0.15, -0.1) is 11.3 Å². The molecule has 0 bridgehead atoms. The molecule has 2 aromatic rings. The monoisotopic (exact) mass is 324 g/mol. The fourth-order valence-corrected chi connectivity index (χ4v) is 3.69. The molecule has 0 radical (unpaired) electrons. The summed E-state index contributed by atoms with van der Waals surface area (Å²) in [6.07, 6.45) is 0.220. The SMILES string of the molecule is OC(Cc1ccc(Br)s1)c1ccc2c(c1)COC2. The maximum Gasteiger partial charge on any atom is 0.0838 e. The summed E-state index contributed by atoms with van der Waals surface area (Å²) < 4.78 is 6.49. The smallest absolute Gasteiger partial charge is 0.0838 e. The molecule has 0 aliphatic carbocycles. The Balaban J connectivity index is 1.78. The second-order valence-electron chi connectivity index (χ2n) is 4.45. The van der Waals surface area contributed by atoms with Crippen LogP contribution in [0.3, 0.4) is 0 Å². The van der Waals surface area contributed by atoms with E-state index in [4.69, 9.17) is 4.74 Å². The number of thiophene rings is 1. The van der Waals surface area contributed by atoms with Crippen molar-refractivity contribution in [1.29, 1.82) is 0 Å². The minimum absolute atomic E-state index is 0.443. The van der Waals surface area contributed by atoms with E-state index < -0.39 is 6.10 Å². The van der Waals surface area contributed by atoms with Gasteiger partial charge in [0.2, 0.25) is 0 Å². The van der Waals surface area contributed by atoms with E-state index in [9.17, 15) is 5.11 Å². The molecule has 1 aromatic heterocycles. The van der Waals surface area contributed by atoms with Gasteiger partial charge in [-0.05, 0) is 44.8 Å². The van der Waals surface area contributed by atoms with Crippen molar-refractivity contribution >= 4 is 27.3 Å². The Morgan fingerprint density at radius 2 is 2.06 bits per heavy atom. The summed E-state index contributed by atoms with van der Waals surface area (Å²) in [5.41, 5.74) is 3.42. The van der Waals surface area contributed by atoms with Gasteiger partial charge in [-0.25, -0.2) is 0 Å². The zero-order valence-electron chi connectivity index (χ0n) is 9.73. The lowest BCUT2D eigenvalue weighted by atomic mass is 10.0. The number of aliphatic hydroxyl groups excluding tert-OH is 1. The number of halogens is 1. The molecular weight excluding hydrogens is 312 g/mol. The average molecular weight is 325 g/mol. The summed E-state index contributed by atoms with van der Waals surface area (Å²) in [5, 5.41) is 10.3. The molecule has 0 spiro atoms. The molecule has 18 heavy (non-hydrogen) atoms. The Hall–Kier alpha value is -0.680. The van der Waals surface area contributed by atoms with Crippen LogP contribution in [0.4, 0.5) is 0 Å². The van der Waals surface area contributed by atoms with E-state index in [-0.39, 0.29) is 0 Å². The van der Waals surface area contributed by atoms with E-state index in [0.29, 0.717) is 19.6 Å². The summed E-state index contributed by atoms with van der Waals surface area (Å²) >= 11 is 5.11. The van der Waals surface area contributed by atoms with Crippen LogP contribution in [0.15, 0.2) is 34.1 Å². The first-order valence-electron chi connectivity index (χ1n) is 5.84. The summed E-state index contributed by atoms with van der Waals surface area (Å²) in [6, 6.07) is 10.2. The Kier molecular flexibility index (Phi) is 3.52. The van der Waals surface area contributed by atoms with Crippen molar-refractivity contribution in [2.75, 3.05) is 0 Å². The zero-order valence-corrected chi connectivity index (χ0v) is 12.1. The largest absolute Gasteiger partial charge is 0.388 e. The fraction of sp³-hybridized carbons (Fsp3) is 0.286. The minimum atomic E-state index is -0.443. The molecule has 4 heteroatoms. The van der Waals surface area contributed by atoms with Crippen molar-refractivity contribution in [2.24, 2.45) is 0 Å². The second kappa shape index (κ2) is 5.13. The highest BCUT2D eigenvalue weighted by Crippen LogP contribution is 2.29. The average Bonchev–Trinajstić information content (AvgIpc) is 2.96. The van der Waals surface area contributed by atoms with E-state index >= 15 is 0 Å². The first-order valence-corrected chi connectivity index (χ1v) is 7.45. The van der Waals surface area contributed by atoms with Crippen LogP contribution in [-0.2, 0) is 24.4 Å². The Morgan fingerprint density at radius 3 is 2.83 bits per heavy atom. The van der Waals surface area contributed by atoms with Gasteiger partial charge in [0, 0.05) is 11.3 Å². The Bertz CT molecular complexity index is 565. The predicted molar refractivity (Wildman–Crippen MR) is 75.6 cm³/mol. The number of ether oxygens (including phenoxy) is 1. The molecule has 1 N–H and O–H groups in total.